The highest BCUT2D eigenvalue weighted by atomic mass is 35.5. The van der Waals surface area contributed by atoms with Gasteiger partial charge < -0.3 is 14.8 Å². The van der Waals surface area contributed by atoms with E-state index in [0.717, 1.165) is 5.56 Å². The molecule has 1 fully saturated rings. The number of anilines is 1. The molecular weight excluding hydrogens is 517 g/mol. The van der Waals surface area contributed by atoms with Gasteiger partial charge in [-0.1, -0.05) is 29.4 Å². The number of carbonyl (C=O) groups is 2. The normalized spacial score (nSPS) is 16.5. The maximum Gasteiger partial charge on any atom is 0.238 e. The molecule has 7 nitrogen and oxygen atoms in total. The van der Waals surface area contributed by atoms with Crippen molar-refractivity contribution in [3.63, 3.8) is 0 Å². The number of thioether (sulfide) groups is 1. The van der Waals surface area contributed by atoms with E-state index in [0.29, 0.717) is 46.0 Å². The van der Waals surface area contributed by atoms with Crippen molar-refractivity contribution < 1.29 is 23.5 Å². The Morgan fingerprint density at radius 1 is 1.08 bits per heavy atom. The lowest BCUT2D eigenvalue weighted by Gasteiger charge is -2.32. The number of hydrogen-bond donors (Lipinski definition) is 1. The Kier molecular flexibility index (Phi) is 8.68. The zero-order valence-corrected chi connectivity index (χ0v) is 21.8. The lowest BCUT2D eigenvalue weighted by atomic mass is 10.1. The van der Waals surface area contributed by atoms with E-state index in [-0.39, 0.29) is 24.1 Å². The van der Waals surface area contributed by atoms with Crippen molar-refractivity contribution in [1.82, 2.24) is 4.90 Å². The third-order valence-corrected chi connectivity index (χ3v) is 7.11. The summed E-state index contributed by atoms with van der Waals surface area (Å²) in [5.41, 5.74) is 2.00. The second kappa shape index (κ2) is 12.1. The molecule has 0 spiro atoms. The average molecular weight is 542 g/mol. The number of amides is 2. The fourth-order valence-electron chi connectivity index (χ4n) is 3.72. The van der Waals surface area contributed by atoms with Gasteiger partial charge in [-0.05, 0) is 72.6 Å². The average Bonchev–Trinajstić information content (AvgIpc) is 2.90. The number of amidine groups is 1. The van der Waals surface area contributed by atoms with E-state index in [4.69, 9.17) is 21.1 Å². The molecule has 1 saturated heterocycles. The number of aliphatic imine (C=N–C) groups is 1. The van der Waals surface area contributed by atoms with Crippen LogP contribution in [0.15, 0.2) is 71.7 Å². The molecule has 192 valence electrons. The molecule has 1 aliphatic rings. The molecule has 1 N–H and O–H groups in total. The van der Waals surface area contributed by atoms with Gasteiger partial charge in [-0.3, -0.25) is 14.5 Å². The highest BCUT2D eigenvalue weighted by molar-refractivity contribution is 8.15. The topological polar surface area (TPSA) is 80.2 Å². The summed E-state index contributed by atoms with van der Waals surface area (Å²) >= 11 is 7.12. The molecule has 3 aromatic rings. The molecule has 10 heteroatoms. The van der Waals surface area contributed by atoms with Gasteiger partial charge >= 0.3 is 0 Å². The summed E-state index contributed by atoms with van der Waals surface area (Å²) < 4.78 is 24.1. The Morgan fingerprint density at radius 3 is 2.46 bits per heavy atom. The molecule has 2 amide bonds. The summed E-state index contributed by atoms with van der Waals surface area (Å²) in [7, 11) is 3.13. The van der Waals surface area contributed by atoms with Crippen molar-refractivity contribution in [2.45, 2.75) is 18.1 Å². The van der Waals surface area contributed by atoms with Gasteiger partial charge in [0.1, 0.15) is 11.1 Å². The van der Waals surface area contributed by atoms with Gasteiger partial charge in [0.05, 0.1) is 19.9 Å². The monoisotopic (exact) mass is 541 g/mol. The summed E-state index contributed by atoms with van der Waals surface area (Å²) in [6.45, 7) is 0.340. The highest BCUT2D eigenvalue weighted by Gasteiger charge is 2.35. The van der Waals surface area contributed by atoms with Crippen molar-refractivity contribution in [1.29, 1.82) is 0 Å². The van der Waals surface area contributed by atoms with Crippen LogP contribution in [0.1, 0.15) is 12.0 Å². The van der Waals surface area contributed by atoms with Crippen molar-refractivity contribution in [2.24, 2.45) is 4.99 Å². The first-order chi connectivity index (χ1) is 17.9. The van der Waals surface area contributed by atoms with Gasteiger partial charge in [0, 0.05) is 23.7 Å². The van der Waals surface area contributed by atoms with Crippen molar-refractivity contribution in [2.75, 3.05) is 26.1 Å². The summed E-state index contributed by atoms with van der Waals surface area (Å²) in [4.78, 5) is 32.4. The molecule has 0 radical (unpaired) electrons. The Morgan fingerprint density at radius 2 is 1.78 bits per heavy atom. The van der Waals surface area contributed by atoms with E-state index in [1.165, 1.54) is 36.0 Å². The van der Waals surface area contributed by atoms with Crippen LogP contribution in [0.5, 0.6) is 11.5 Å². The summed E-state index contributed by atoms with van der Waals surface area (Å²) in [5, 5.41) is 3.08. The molecule has 0 saturated carbocycles. The zero-order chi connectivity index (χ0) is 26.4. The van der Waals surface area contributed by atoms with E-state index in [1.807, 2.05) is 18.2 Å². The van der Waals surface area contributed by atoms with E-state index < -0.39 is 5.25 Å². The van der Waals surface area contributed by atoms with Crippen LogP contribution in [0, 0.1) is 5.82 Å². The first kappa shape index (κ1) is 26.5. The molecule has 0 aliphatic carbocycles. The standard InChI is InChI=1S/C27H25ClFN3O4S/c1-35-22-12-3-17(15-23(22)36-2)13-14-32-25(33)16-24(26(34)30-20-8-4-18(28)5-9-20)37-27(32)31-21-10-6-19(29)7-11-21/h3-12,15,24H,13-14,16H2,1-2H3,(H,30,34)/t24-/m1/s1. The molecule has 37 heavy (non-hydrogen) atoms. The molecule has 1 atom stereocenters. The first-order valence-electron chi connectivity index (χ1n) is 11.4. The fraction of sp³-hybridized carbons (Fsp3) is 0.222. The van der Waals surface area contributed by atoms with E-state index >= 15 is 0 Å². The third kappa shape index (κ3) is 6.81. The van der Waals surface area contributed by atoms with Gasteiger partial charge in [-0.2, -0.15) is 0 Å². The smallest absolute Gasteiger partial charge is 0.238 e. The van der Waals surface area contributed by atoms with Crippen molar-refractivity contribution in [3.05, 3.63) is 83.1 Å². The van der Waals surface area contributed by atoms with Crippen LogP contribution < -0.4 is 14.8 Å². The number of methoxy groups -OCH3 is 2. The van der Waals surface area contributed by atoms with Gasteiger partial charge in [0.25, 0.3) is 0 Å². The van der Waals surface area contributed by atoms with E-state index in [9.17, 15) is 14.0 Å². The third-order valence-electron chi connectivity index (χ3n) is 5.67. The van der Waals surface area contributed by atoms with Crippen molar-refractivity contribution >= 4 is 51.7 Å². The number of nitrogens with zero attached hydrogens (tertiary/aromatic N) is 2. The SMILES string of the molecule is COc1ccc(CCN2C(=O)C[C@H](C(=O)Nc3ccc(Cl)cc3)SC2=Nc2ccc(F)cc2)cc1OC. The number of nitrogens with one attached hydrogen (secondary N) is 1. The summed E-state index contributed by atoms with van der Waals surface area (Å²) in [5.74, 6) is 0.285. The largest absolute Gasteiger partial charge is 0.493 e. The molecule has 0 bridgehead atoms. The second-order valence-electron chi connectivity index (χ2n) is 8.16. The van der Waals surface area contributed by atoms with Crippen LogP contribution in [-0.4, -0.2) is 47.9 Å². The number of halogens is 2. The number of ether oxygens (including phenoxy) is 2. The maximum atomic E-state index is 13.4. The Balaban J connectivity index is 1.55. The minimum absolute atomic E-state index is 0.0124. The number of hydrogen-bond acceptors (Lipinski definition) is 6. The summed E-state index contributed by atoms with van der Waals surface area (Å²) in [6, 6.07) is 18.0. The molecule has 0 unspecified atom stereocenters. The van der Waals surface area contributed by atoms with Crippen LogP contribution in [-0.2, 0) is 16.0 Å². The van der Waals surface area contributed by atoms with Gasteiger partial charge in [-0.25, -0.2) is 9.38 Å². The lowest BCUT2D eigenvalue weighted by Crippen LogP contribution is -2.46. The van der Waals surface area contributed by atoms with E-state index in [2.05, 4.69) is 10.3 Å². The van der Waals surface area contributed by atoms with Gasteiger partial charge in [0.2, 0.25) is 11.8 Å². The maximum absolute atomic E-state index is 13.4. The Hall–Kier alpha value is -3.56. The van der Waals surface area contributed by atoms with Gasteiger partial charge in [0.15, 0.2) is 16.7 Å². The molecule has 4 rings (SSSR count). The Labute approximate surface area is 223 Å². The fourth-order valence-corrected chi connectivity index (χ4v) is 4.97. The second-order valence-corrected chi connectivity index (χ2v) is 9.77. The molecule has 0 aromatic heterocycles. The van der Waals surface area contributed by atoms with Gasteiger partial charge in [-0.15, -0.1) is 0 Å². The molecule has 3 aromatic carbocycles. The quantitative estimate of drug-likeness (QED) is 0.396. The minimum Gasteiger partial charge on any atom is -0.493 e. The molecule has 1 heterocycles. The van der Waals surface area contributed by atoms with Crippen molar-refractivity contribution in [3.8, 4) is 11.5 Å². The number of rotatable bonds is 8. The van der Waals surface area contributed by atoms with Crippen LogP contribution in [0.2, 0.25) is 5.02 Å². The van der Waals surface area contributed by atoms with Crippen LogP contribution >= 0.6 is 23.4 Å². The highest BCUT2D eigenvalue weighted by Crippen LogP contribution is 2.31. The number of carbonyl (C=O) groups excluding carboxylic acids is 2. The predicted molar refractivity (Wildman–Crippen MR) is 145 cm³/mol. The predicted octanol–water partition coefficient (Wildman–Crippen LogP) is 5.70. The van der Waals surface area contributed by atoms with Crippen LogP contribution in [0.3, 0.4) is 0 Å². The van der Waals surface area contributed by atoms with Crippen LogP contribution in [0.25, 0.3) is 0 Å². The zero-order valence-electron chi connectivity index (χ0n) is 20.2. The van der Waals surface area contributed by atoms with E-state index in [1.54, 1.807) is 43.4 Å². The van der Waals surface area contributed by atoms with Crippen LogP contribution in [0.4, 0.5) is 15.8 Å². The Bertz CT molecular complexity index is 1300. The molecule has 1 aliphatic heterocycles. The molecular formula is C27H25ClFN3O4S. The minimum atomic E-state index is -0.681. The first-order valence-corrected chi connectivity index (χ1v) is 12.7. The lowest BCUT2D eigenvalue weighted by molar-refractivity contribution is -0.129. The summed E-state index contributed by atoms with van der Waals surface area (Å²) in [6.07, 6.45) is 0.537. The number of benzene rings is 3.